The van der Waals surface area contributed by atoms with Gasteiger partial charge in [-0.2, -0.15) is 0 Å². The summed E-state index contributed by atoms with van der Waals surface area (Å²) in [5, 5.41) is 9.37. The van der Waals surface area contributed by atoms with Crippen LogP contribution in [-0.2, 0) is 6.54 Å². The maximum atomic E-state index is 14.7. The van der Waals surface area contributed by atoms with Gasteiger partial charge in [0.1, 0.15) is 17.3 Å². The van der Waals surface area contributed by atoms with E-state index in [9.17, 15) is 9.18 Å². The molecule has 1 aliphatic heterocycles. The van der Waals surface area contributed by atoms with E-state index in [4.69, 9.17) is 16.0 Å². The van der Waals surface area contributed by atoms with Crippen LogP contribution in [0.25, 0.3) is 0 Å². The van der Waals surface area contributed by atoms with Crippen molar-refractivity contribution in [1.82, 2.24) is 10.6 Å². The van der Waals surface area contributed by atoms with E-state index in [-0.39, 0.29) is 34.8 Å². The summed E-state index contributed by atoms with van der Waals surface area (Å²) in [6.07, 6.45) is 0.774. The molecule has 0 saturated heterocycles. The van der Waals surface area contributed by atoms with Crippen molar-refractivity contribution >= 4 is 23.2 Å². The summed E-state index contributed by atoms with van der Waals surface area (Å²) in [4.78, 5) is 12.3. The van der Waals surface area contributed by atoms with E-state index in [1.807, 2.05) is 26.0 Å². The minimum atomic E-state index is -0.600. The van der Waals surface area contributed by atoms with Crippen LogP contribution in [0, 0.1) is 12.7 Å². The molecule has 0 spiro atoms. The molecule has 0 saturated carbocycles. The molecule has 1 aromatic heterocycles. The highest BCUT2D eigenvalue weighted by Gasteiger charge is 2.33. The first kappa shape index (κ1) is 19.3. The third-order valence-electron chi connectivity index (χ3n) is 5.28. The smallest absolute Gasteiger partial charge is 0.254 e. The third kappa shape index (κ3) is 3.13. The van der Waals surface area contributed by atoms with E-state index < -0.39 is 5.82 Å². The van der Waals surface area contributed by atoms with Crippen LogP contribution >= 0.6 is 11.6 Å². The largest absolute Gasteiger partial charge is 0.464 e. The Hall–Kier alpha value is -2.99. The molecule has 0 bridgehead atoms. The lowest BCUT2D eigenvalue weighted by Crippen LogP contribution is -2.31. The topological polar surface area (TPSA) is 66.3 Å². The molecule has 1 aliphatic carbocycles. The van der Waals surface area contributed by atoms with Crippen LogP contribution in [0.3, 0.4) is 0 Å². The van der Waals surface area contributed by atoms with Crippen molar-refractivity contribution in [3.05, 3.63) is 87.4 Å². The van der Waals surface area contributed by atoms with Crippen molar-refractivity contribution in [2.45, 2.75) is 32.9 Å². The SMILES string of the molecule is C=C1C(=C)C(N[C@H](CC)c2ccc(C)o2)=C1Nc1c(F)cc(Cl)c2c1C(=O)NC2. The van der Waals surface area contributed by atoms with Gasteiger partial charge in [-0.25, -0.2) is 4.39 Å². The summed E-state index contributed by atoms with van der Waals surface area (Å²) < 4.78 is 20.5. The van der Waals surface area contributed by atoms with Crippen molar-refractivity contribution < 1.29 is 13.6 Å². The molecule has 2 aromatic rings. The number of amides is 1. The van der Waals surface area contributed by atoms with E-state index in [0.717, 1.165) is 29.2 Å². The van der Waals surface area contributed by atoms with Gasteiger partial charge in [0.2, 0.25) is 0 Å². The van der Waals surface area contributed by atoms with Crippen LogP contribution in [0.4, 0.5) is 10.1 Å². The van der Waals surface area contributed by atoms with Crippen LogP contribution in [0.2, 0.25) is 5.02 Å². The molecule has 0 fully saturated rings. The molecule has 7 heteroatoms. The summed E-state index contributed by atoms with van der Waals surface area (Å²) in [5.41, 5.74) is 3.59. The monoisotopic (exact) mass is 413 g/mol. The fraction of sp³-hybridized carbons (Fsp3) is 0.227. The van der Waals surface area contributed by atoms with Gasteiger partial charge in [-0.05, 0) is 31.5 Å². The van der Waals surface area contributed by atoms with Gasteiger partial charge in [0, 0.05) is 28.3 Å². The Kier molecular flexibility index (Phi) is 4.74. The van der Waals surface area contributed by atoms with Gasteiger partial charge < -0.3 is 20.4 Å². The Bertz CT molecular complexity index is 1100. The first-order valence-corrected chi connectivity index (χ1v) is 9.71. The molecule has 2 heterocycles. The highest BCUT2D eigenvalue weighted by atomic mass is 35.5. The number of rotatable bonds is 6. The van der Waals surface area contributed by atoms with Crippen molar-refractivity contribution in [2.24, 2.45) is 0 Å². The number of hydrogen-bond acceptors (Lipinski definition) is 4. The summed E-state index contributed by atoms with van der Waals surface area (Å²) in [6.45, 7) is 12.2. The number of nitrogens with one attached hydrogen (secondary N) is 3. The molecule has 4 rings (SSSR count). The zero-order valence-corrected chi connectivity index (χ0v) is 17.0. The first-order valence-electron chi connectivity index (χ1n) is 9.34. The third-order valence-corrected chi connectivity index (χ3v) is 5.62. The number of carbonyl (C=O) groups is 1. The molecule has 29 heavy (non-hydrogen) atoms. The molecule has 1 amide bonds. The average Bonchev–Trinajstić information content (AvgIpc) is 3.29. The second-order valence-electron chi connectivity index (χ2n) is 7.14. The van der Waals surface area contributed by atoms with E-state index in [0.29, 0.717) is 16.8 Å². The second kappa shape index (κ2) is 7.12. The predicted octanol–water partition coefficient (Wildman–Crippen LogP) is 5.11. The minimum Gasteiger partial charge on any atom is -0.464 e. The van der Waals surface area contributed by atoms with E-state index in [2.05, 4.69) is 29.1 Å². The Morgan fingerprint density at radius 3 is 2.69 bits per heavy atom. The first-order chi connectivity index (χ1) is 13.8. The summed E-state index contributed by atoms with van der Waals surface area (Å²) in [5.74, 6) is 0.672. The number of hydrogen-bond donors (Lipinski definition) is 3. The molecule has 0 radical (unpaired) electrons. The van der Waals surface area contributed by atoms with Crippen molar-refractivity contribution in [3.8, 4) is 0 Å². The molecular formula is C22H21ClFN3O2. The van der Waals surface area contributed by atoms with Crippen molar-refractivity contribution in [3.63, 3.8) is 0 Å². The van der Waals surface area contributed by atoms with Gasteiger partial charge in [0.25, 0.3) is 5.91 Å². The number of fused-ring (bicyclic) bond motifs is 1. The average molecular weight is 414 g/mol. The highest BCUT2D eigenvalue weighted by Crippen LogP contribution is 2.41. The van der Waals surface area contributed by atoms with Crippen molar-refractivity contribution in [1.29, 1.82) is 0 Å². The molecule has 2 aliphatic rings. The normalized spacial score (nSPS) is 16.5. The number of halogens is 2. The van der Waals surface area contributed by atoms with Gasteiger partial charge >= 0.3 is 0 Å². The number of benzene rings is 1. The summed E-state index contributed by atoms with van der Waals surface area (Å²) in [7, 11) is 0. The van der Waals surface area contributed by atoms with E-state index in [1.54, 1.807) is 0 Å². The van der Waals surface area contributed by atoms with Gasteiger partial charge in [-0.1, -0.05) is 31.7 Å². The molecular weight excluding hydrogens is 393 g/mol. The van der Waals surface area contributed by atoms with Crippen LogP contribution in [0.1, 0.15) is 46.8 Å². The van der Waals surface area contributed by atoms with Crippen molar-refractivity contribution in [2.75, 3.05) is 5.32 Å². The molecule has 0 unspecified atom stereocenters. The standard InChI is InChI=1S/C22H21ClFN3O2/c1-5-16(17-7-6-10(2)29-17)26-19-11(3)12(4)20(19)27-21-15(24)8-14(23)13-9-25-22(28)18(13)21/h6-8,16,26-27H,3-5,9H2,1-2H3,(H,25,28)/t16-/m1/s1. The van der Waals surface area contributed by atoms with Gasteiger partial charge in [-0.3, -0.25) is 4.79 Å². The van der Waals surface area contributed by atoms with Gasteiger partial charge in [-0.15, -0.1) is 0 Å². The lowest BCUT2D eigenvalue weighted by Gasteiger charge is -2.33. The minimum absolute atomic E-state index is 0.0792. The van der Waals surface area contributed by atoms with E-state index in [1.165, 1.54) is 6.07 Å². The fourth-order valence-electron chi connectivity index (χ4n) is 3.62. The Labute approximate surface area is 173 Å². The van der Waals surface area contributed by atoms with Crippen LogP contribution in [0.5, 0.6) is 0 Å². The highest BCUT2D eigenvalue weighted by molar-refractivity contribution is 6.32. The van der Waals surface area contributed by atoms with Gasteiger partial charge in [0.15, 0.2) is 0 Å². The molecule has 5 nitrogen and oxygen atoms in total. The zero-order chi connectivity index (χ0) is 20.9. The van der Waals surface area contributed by atoms with Gasteiger partial charge in [0.05, 0.1) is 28.7 Å². The lowest BCUT2D eigenvalue weighted by atomic mass is 9.88. The number of anilines is 1. The van der Waals surface area contributed by atoms with Crippen LogP contribution < -0.4 is 16.0 Å². The molecule has 3 N–H and O–H groups in total. The summed E-state index contributed by atoms with van der Waals surface area (Å²) >= 11 is 6.11. The molecule has 150 valence electrons. The Morgan fingerprint density at radius 2 is 2.03 bits per heavy atom. The summed E-state index contributed by atoms with van der Waals surface area (Å²) in [6, 6.07) is 4.97. The zero-order valence-electron chi connectivity index (χ0n) is 16.2. The molecule has 1 aromatic carbocycles. The number of aryl methyl sites for hydroxylation is 1. The maximum absolute atomic E-state index is 14.7. The Morgan fingerprint density at radius 1 is 1.31 bits per heavy atom. The lowest BCUT2D eigenvalue weighted by molar-refractivity contribution is 0.0966. The number of carbonyl (C=O) groups excluding carboxylic acids is 1. The maximum Gasteiger partial charge on any atom is 0.254 e. The number of furan rings is 1. The van der Waals surface area contributed by atoms with Crippen LogP contribution in [-0.4, -0.2) is 5.91 Å². The Balaban J connectivity index is 1.70. The second-order valence-corrected chi connectivity index (χ2v) is 7.54. The fourth-order valence-corrected chi connectivity index (χ4v) is 3.87. The number of allylic oxidation sites excluding steroid dienone is 2. The van der Waals surface area contributed by atoms with E-state index >= 15 is 0 Å². The molecule has 1 atom stereocenters. The van der Waals surface area contributed by atoms with Crippen LogP contribution in [0.15, 0.2) is 58.3 Å². The predicted molar refractivity (Wildman–Crippen MR) is 111 cm³/mol. The quantitative estimate of drug-likeness (QED) is 0.615.